The first kappa shape index (κ1) is 17.4. The molecule has 0 aliphatic heterocycles. The Bertz CT molecular complexity index is 710. The molecule has 1 atom stereocenters. The zero-order chi connectivity index (χ0) is 16.8. The van der Waals surface area contributed by atoms with Crippen LogP contribution in [0.2, 0.25) is 0 Å². The minimum atomic E-state index is -1.30. The van der Waals surface area contributed by atoms with Crippen LogP contribution in [0.1, 0.15) is 30.4 Å². The largest absolute Gasteiger partial charge is 0.441 e. The summed E-state index contributed by atoms with van der Waals surface area (Å²) in [6, 6.07) is 7.82. The second kappa shape index (κ2) is 8.06. The van der Waals surface area contributed by atoms with Crippen molar-refractivity contribution >= 4 is 16.7 Å². The number of amides is 1. The van der Waals surface area contributed by atoms with Gasteiger partial charge in [0.15, 0.2) is 0 Å². The highest BCUT2D eigenvalue weighted by Crippen LogP contribution is 2.25. The van der Waals surface area contributed by atoms with Gasteiger partial charge < -0.3 is 9.73 Å². The van der Waals surface area contributed by atoms with Crippen molar-refractivity contribution in [2.75, 3.05) is 12.3 Å². The lowest BCUT2D eigenvalue weighted by atomic mass is 10.1. The first-order chi connectivity index (χ1) is 11.0. The molecule has 23 heavy (non-hydrogen) atoms. The summed E-state index contributed by atoms with van der Waals surface area (Å²) in [5.41, 5.74) is 2.64. The van der Waals surface area contributed by atoms with Gasteiger partial charge in [0.2, 0.25) is 11.8 Å². The van der Waals surface area contributed by atoms with Crippen LogP contribution in [0.4, 0.5) is 0 Å². The minimum absolute atomic E-state index is 0.00794. The van der Waals surface area contributed by atoms with Gasteiger partial charge in [-0.3, -0.25) is 9.00 Å². The second-order valence-electron chi connectivity index (χ2n) is 5.42. The van der Waals surface area contributed by atoms with Crippen molar-refractivity contribution < 1.29 is 13.4 Å². The first-order valence-corrected chi connectivity index (χ1v) is 9.14. The number of nitrogens with one attached hydrogen (secondary N) is 1. The van der Waals surface area contributed by atoms with Crippen molar-refractivity contribution in [3.63, 3.8) is 0 Å². The fraction of sp³-hybridized carbons (Fsp3) is 0.412. The number of carbonyl (C=O) groups excluding carboxylic acids is 1. The Morgan fingerprint density at radius 3 is 2.74 bits per heavy atom. The third-order valence-electron chi connectivity index (χ3n) is 3.43. The average molecular weight is 334 g/mol. The number of rotatable bonds is 7. The van der Waals surface area contributed by atoms with E-state index in [0.29, 0.717) is 23.9 Å². The maximum Gasteiger partial charge on any atom is 0.232 e. The zero-order valence-corrected chi connectivity index (χ0v) is 14.5. The summed E-state index contributed by atoms with van der Waals surface area (Å²) >= 11 is 0. The Morgan fingerprint density at radius 2 is 2.04 bits per heavy atom. The number of nitrogens with zero attached hydrogens (tertiary/aromatic N) is 1. The van der Waals surface area contributed by atoms with Gasteiger partial charge in [-0.1, -0.05) is 25.1 Å². The van der Waals surface area contributed by atoms with Crippen LogP contribution in [-0.4, -0.2) is 27.4 Å². The molecule has 0 aliphatic rings. The summed E-state index contributed by atoms with van der Waals surface area (Å²) in [7, 11) is -1.30. The predicted molar refractivity (Wildman–Crippen MR) is 91.4 cm³/mol. The normalized spacial score (nSPS) is 12.1. The Balaban J connectivity index is 2.06. The van der Waals surface area contributed by atoms with E-state index in [4.69, 9.17) is 4.42 Å². The molecule has 5 nitrogen and oxygen atoms in total. The molecule has 1 amide bonds. The van der Waals surface area contributed by atoms with Crippen molar-refractivity contribution in [1.82, 2.24) is 10.3 Å². The maximum absolute atomic E-state index is 12.1. The molecule has 0 unspecified atom stereocenters. The highest BCUT2D eigenvalue weighted by molar-refractivity contribution is 7.84. The third-order valence-corrected chi connectivity index (χ3v) is 4.61. The first-order valence-electron chi connectivity index (χ1n) is 7.65. The lowest BCUT2D eigenvalue weighted by Crippen LogP contribution is -2.29. The van der Waals surface area contributed by atoms with Crippen molar-refractivity contribution in [1.29, 1.82) is 0 Å². The Hall–Kier alpha value is -1.95. The molecule has 0 saturated heterocycles. The summed E-state index contributed by atoms with van der Waals surface area (Å²) < 4.78 is 17.8. The fourth-order valence-electron chi connectivity index (χ4n) is 2.16. The lowest BCUT2D eigenvalue weighted by Gasteiger charge is -2.02. The smallest absolute Gasteiger partial charge is 0.232 e. The summed E-state index contributed by atoms with van der Waals surface area (Å²) in [6.45, 7) is 6.38. The topological polar surface area (TPSA) is 72.2 Å². The van der Waals surface area contributed by atoms with Crippen LogP contribution < -0.4 is 5.32 Å². The van der Waals surface area contributed by atoms with Gasteiger partial charge in [0.25, 0.3) is 0 Å². The Kier molecular flexibility index (Phi) is 6.10. The van der Waals surface area contributed by atoms with Crippen LogP contribution in [0, 0.1) is 13.8 Å². The number of hydrogen-bond acceptors (Lipinski definition) is 4. The predicted octanol–water partition coefficient (Wildman–Crippen LogP) is 2.73. The quantitative estimate of drug-likeness (QED) is 0.845. The van der Waals surface area contributed by atoms with E-state index in [-0.39, 0.29) is 17.4 Å². The van der Waals surface area contributed by atoms with Crippen molar-refractivity contribution in [2.24, 2.45) is 0 Å². The lowest BCUT2D eigenvalue weighted by molar-refractivity contribution is -0.118. The maximum atomic E-state index is 12.1. The molecule has 1 heterocycles. The minimum Gasteiger partial charge on any atom is -0.441 e. The van der Waals surface area contributed by atoms with Crippen molar-refractivity contribution in [2.45, 2.75) is 32.9 Å². The van der Waals surface area contributed by atoms with Gasteiger partial charge in [-0.25, -0.2) is 4.98 Å². The van der Waals surface area contributed by atoms with Gasteiger partial charge in [-0.2, -0.15) is 0 Å². The van der Waals surface area contributed by atoms with Crippen LogP contribution in [0.3, 0.4) is 0 Å². The molecule has 0 aliphatic carbocycles. The molecule has 0 radical (unpaired) electrons. The van der Waals surface area contributed by atoms with Gasteiger partial charge in [-0.05, 0) is 31.9 Å². The van der Waals surface area contributed by atoms with Crippen LogP contribution in [-0.2, 0) is 21.3 Å². The Morgan fingerprint density at radius 1 is 1.30 bits per heavy atom. The van der Waals surface area contributed by atoms with Crippen LogP contribution in [0.25, 0.3) is 11.5 Å². The van der Waals surface area contributed by atoms with Gasteiger partial charge in [0.05, 0.1) is 11.4 Å². The highest BCUT2D eigenvalue weighted by Gasteiger charge is 2.16. The van der Waals surface area contributed by atoms with Crippen LogP contribution >= 0.6 is 0 Å². The van der Waals surface area contributed by atoms with E-state index >= 15 is 0 Å². The number of carbonyl (C=O) groups is 1. The molecule has 0 saturated carbocycles. The molecule has 0 spiro atoms. The standard InChI is InChI=1S/C17H22N2O3S/c1-4-9-18-16(20)11-23(21)10-15-13(3)22-17(19-15)14-8-6-5-7-12(14)2/h5-8H,4,9-11H2,1-3H3,(H,18,20)/t23-/m1/s1. The van der Waals surface area contributed by atoms with Gasteiger partial charge in [0.1, 0.15) is 11.5 Å². The van der Waals surface area contributed by atoms with E-state index in [9.17, 15) is 9.00 Å². The molecule has 124 valence electrons. The summed E-state index contributed by atoms with van der Waals surface area (Å²) in [4.78, 5) is 16.1. The summed E-state index contributed by atoms with van der Waals surface area (Å²) in [5, 5.41) is 2.73. The fourth-order valence-corrected chi connectivity index (χ4v) is 3.22. The van der Waals surface area contributed by atoms with E-state index in [1.165, 1.54) is 0 Å². The molecule has 1 N–H and O–H groups in total. The summed E-state index contributed by atoms with van der Waals surface area (Å²) in [6.07, 6.45) is 0.862. The number of hydrogen-bond donors (Lipinski definition) is 1. The molecular weight excluding hydrogens is 312 g/mol. The third kappa shape index (κ3) is 4.76. The average Bonchev–Trinajstić information content (AvgIpc) is 2.86. The Labute approximate surface area is 139 Å². The zero-order valence-electron chi connectivity index (χ0n) is 13.7. The second-order valence-corrected chi connectivity index (χ2v) is 6.87. The van der Waals surface area contributed by atoms with Crippen molar-refractivity contribution in [3.05, 3.63) is 41.3 Å². The monoisotopic (exact) mass is 334 g/mol. The number of oxazole rings is 1. The van der Waals surface area contributed by atoms with Crippen molar-refractivity contribution in [3.8, 4) is 11.5 Å². The molecule has 0 fully saturated rings. The number of aryl methyl sites for hydroxylation is 2. The number of aromatic nitrogens is 1. The number of benzene rings is 1. The molecule has 0 bridgehead atoms. The van der Waals surface area contributed by atoms with Crippen LogP contribution in [0.5, 0.6) is 0 Å². The van der Waals surface area contributed by atoms with E-state index < -0.39 is 10.8 Å². The SMILES string of the molecule is CCCNC(=O)C[S@](=O)Cc1nc(-c2ccccc2C)oc1C. The van der Waals surface area contributed by atoms with Gasteiger partial charge >= 0.3 is 0 Å². The molecular formula is C17H22N2O3S. The van der Waals surface area contributed by atoms with E-state index in [1.807, 2.05) is 38.1 Å². The van der Waals surface area contributed by atoms with Crippen LogP contribution in [0.15, 0.2) is 28.7 Å². The molecule has 1 aromatic heterocycles. The van der Waals surface area contributed by atoms with E-state index in [2.05, 4.69) is 10.3 Å². The molecule has 1 aromatic carbocycles. The van der Waals surface area contributed by atoms with Gasteiger partial charge in [-0.15, -0.1) is 0 Å². The van der Waals surface area contributed by atoms with Gasteiger partial charge in [0, 0.05) is 22.9 Å². The molecule has 2 rings (SSSR count). The molecule has 2 aromatic rings. The van der Waals surface area contributed by atoms with E-state index in [1.54, 1.807) is 6.92 Å². The van der Waals surface area contributed by atoms with E-state index in [0.717, 1.165) is 17.5 Å². The summed E-state index contributed by atoms with van der Waals surface area (Å²) in [5.74, 6) is 1.20. The highest BCUT2D eigenvalue weighted by atomic mass is 32.2. The molecule has 6 heteroatoms.